The van der Waals surface area contributed by atoms with Gasteiger partial charge in [0.15, 0.2) is 6.04 Å². The minimum absolute atomic E-state index is 0.225. The summed E-state index contributed by atoms with van der Waals surface area (Å²) in [7, 11) is 1.67. The lowest BCUT2D eigenvalue weighted by Crippen LogP contribution is -2.43. The maximum absolute atomic E-state index is 12.1. The van der Waals surface area contributed by atoms with E-state index in [9.17, 15) is 9.59 Å². The molecule has 0 radical (unpaired) electrons. The Morgan fingerprint density at radius 2 is 2.05 bits per heavy atom. The SMILES string of the molecule is Cn1ncc(C(=O)N[C@H](CO)C(=O)O)c1-n1cccc1. The number of hydrogen-bond acceptors (Lipinski definition) is 4. The molecule has 1 amide bonds. The van der Waals surface area contributed by atoms with Gasteiger partial charge in [-0.05, 0) is 12.1 Å². The van der Waals surface area contributed by atoms with E-state index in [1.54, 1.807) is 36.1 Å². The van der Waals surface area contributed by atoms with Crippen molar-refractivity contribution in [3.63, 3.8) is 0 Å². The Hall–Kier alpha value is -2.61. The summed E-state index contributed by atoms with van der Waals surface area (Å²) in [4.78, 5) is 22.9. The molecule has 8 nitrogen and oxygen atoms in total. The average molecular weight is 278 g/mol. The van der Waals surface area contributed by atoms with Crippen LogP contribution >= 0.6 is 0 Å². The number of nitrogens with one attached hydrogen (secondary N) is 1. The maximum atomic E-state index is 12.1. The van der Waals surface area contributed by atoms with Crippen LogP contribution in [0.3, 0.4) is 0 Å². The molecular formula is C12H14N4O4. The highest BCUT2D eigenvalue weighted by Gasteiger charge is 2.23. The minimum atomic E-state index is -1.35. The number of carboxylic acids is 1. The molecule has 0 saturated carbocycles. The van der Waals surface area contributed by atoms with Crippen molar-refractivity contribution in [3.05, 3.63) is 36.3 Å². The molecule has 8 heteroatoms. The van der Waals surface area contributed by atoms with Crippen LogP contribution in [-0.4, -0.2) is 49.1 Å². The number of aliphatic carboxylic acids is 1. The molecule has 0 saturated heterocycles. The molecule has 0 aromatic carbocycles. The zero-order valence-electron chi connectivity index (χ0n) is 10.7. The predicted molar refractivity (Wildman–Crippen MR) is 68.5 cm³/mol. The van der Waals surface area contributed by atoms with Crippen LogP contribution in [0.15, 0.2) is 30.7 Å². The van der Waals surface area contributed by atoms with Crippen LogP contribution in [0.4, 0.5) is 0 Å². The lowest BCUT2D eigenvalue weighted by atomic mass is 10.2. The normalized spacial score (nSPS) is 12.1. The van der Waals surface area contributed by atoms with Gasteiger partial charge in [0.2, 0.25) is 0 Å². The van der Waals surface area contributed by atoms with Gasteiger partial charge in [-0.15, -0.1) is 0 Å². The summed E-state index contributed by atoms with van der Waals surface area (Å²) in [5.74, 6) is -1.40. The van der Waals surface area contributed by atoms with Gasteiger partial charge in [-0.1, -0.05) is 0 Å². The molecule has 2 aromatic heterocycles. The molecule has 2 aromatic rings. The lowest BCUT2D eigenvalue weighted by molar-refractivity contribution is -0.140. The third-order valence-electron chi connectivity index (χ3n) is 2.79. The first kappa shape index (κ1) is 13.8. The molecule has 2 rings (SSSR count). The minimum Gasteiger partial charge on any atom is -0.480 e. The Labute approximate surface area is 114 Å². The van der Waals surface area contributed by atoms with Crippen molar-refractivity contribution in [2.24, 2.45) is 7.05 Å². The van der Waals surface area contributed by atoms with E-state index in [0.717, 1.165) is 0 Å². The van der Waals surface area contributed by atoms with Gasteiger partial charge in [-0.3, -0.25) is 9.48 Å². The fraction of sp³-hybridized carbons (Fsp3) is 0.250. The molecule has 0 unspecified atom stereocenters. The Morgan fingerprint density at radius 3 is 2.60 bits per heavy atom. The molecule has 20 heavy (non-hydrogen) atoms. The highest BCUT2D eigenvalue weighted by atomic mass is 16.4. The molecule has 0 spiro atoms. The molecule has 0 fully saturated rings. The van der Waals surface area contributed by atoms with Crippen molar-refractivity contribution in [1.29, 1.82) is 0 Å². The quantitative estimate of drug-likeness (QED) is 0.675. The first-order chi connectivity index (χ1) is 9.54. The van der Waals surface area contributed by atoms with E-state index in [1.807, 2.05) is 0 Å². The van der Waals surface area contributed by atoms with Gasteiger partial charge in [-0.25, -0.2) is 4.79 Å². The number of carbonyl (C=O) groups is 2. The highest BCUT2D eigenvalue weighted by Crippen LogP contribution is 2.13. The van der Waals surface area contributed by atoms with Gasteiger partial charge in [0, 0.05) is 19.4 Å². The van der Waals surface area contributed by atoms with Crippen molar-refractivity contribution >= 4 is 11.9 Å². The summed E-state index contributed by atoms with van der Waals surface area (Å²) in [6, 6.07) is 2.24. The number of aryl methyl sites for hydroxylation is 1. The largest absolute Gasteiger partial charge is 0.480 e. The molecular weight excluding hydrogens is 264 g/mol. The van der Waals surface area contributed by atoms with E-state index in [0.29, 0.717) is 5.82 Å². The van der Waals surface area contributed by atoms with E-state index in [1.165, 1.54) is 10.9 Å². The van der Waals surface area contributed by atoms with Gasteiger partial charge >= 0.3 is 5.97 Å². The van der Waals surface area contributed by atoms with Gasteiger partial charge < -0.3 is 20.1 Å². The van der Waals surface area contributed by atoms with Crippen molar-refractivity contribution in [3.8, 4) is 5.82 Å². The Kier molecular flexibility index (Phi) is 3.85. The van der Waals surface area contributed by atoms with Crippen molar-refractivity contribution < 1.29 is 19.8 Å². The second kappa shape index (κ2) is 5.57. The number of rotatable bonds is 5. The topological polar surface area (TPSA) is 109 Å². The molecule has 0 aliphatic carbocycles. The van der Waals surface area contributed by atoms with Crippen molar-refractivity contribution in [2.45, 2.75) is 6.04 Å². The maximum Gasteiger partial charge on any atom is 0.328 e. The molecule has 1 atom stereocenters. The second-order valence-corrected chi connectivity index (χ2v) is 4.14. The number of carboxylic acid groups (broad SMARTS) is 1. The highest BCUT2D eigenvalue weighted by molar-refractivity contribution is 5.99. The molecule has 0 aliphatic heterocycles. The first-order valence-electron chi connectivity index (χ1n) is 5.84. The number of aromatic nitrogens is 3. The van der Waals surface area contributed by atoms with Crippen molar-refractivity contribution in [2.75, 3.05) is 6.61 Å². The third kappa shape index (κ3) is 2.54. The van der Waals surface area contributed by atoms with Gasteiger partial charge in [0.05, 0.1) is 12.8 Å². The van der Waals surface area contributed by atoms with E-state index in [-0.39, 0.29) is 5.56 Å². The number of amides is 1. The average Bonchev–Trinajstić information content (AvgIpc) is 3.03. The standard InChI is InChI=1S/C12H14N4O4/c1-15-11(16-4-2-3-5-16)8(6-13-15)10(18)14-9(7-17)12(19)20/h2-6,9,17H,7H2,1H3,(H,14,18)(H,19,20)/t9-/m1/s1. The Balaban J connectivity index is 2.30. The monoisotopic (exact) mass is 278 g/mol. The Bertz CT molecular complexity index is 617. The van der Waals surface area contributed by atoms with Crippen LogP contribution in [0.5, 0.6) is 0 Å². The smallest absolute Gasteiger partial charge is 0.328 e. The van der Waals surface area contributed by atoms with E-state index >= 15 is 0 Å². The Morgan fingerprint density at radius 1 is 1.40 bits per heavy atom. The van der Waals surface area contributed by atoms with Gasteiger partial charge in [0.25, 0.3) is 5.91 Å². The zero-order valence-corrected chi connectivity index (χ0v) is 10.7. The molecule has 3 N–H and O–H groups in total. The van der Waals surface area contributed by atoms with E-state index in [4.69, 9.17) is 10.2 Å². The van der Waals surface area contributed by atoms with Gasteiger partial charge in [0.1, 0.15) is 11.4 Å². The number of hydrogen-bond donors (Lipinski definition) is 3. The fourth-order valence-corrected chi connectivity index (χ4v) is 1.79. The van der Waals surface area contributed by atoms with Crippen LogP contribution in [-0.2, 0) is 11.8 Å². The van der Waals surface area contributed by atoms with E-state index in [2.05, 4.69) is 10.4 Å². The van der Waals surface area contributed by atoms with Crippen molar-refractivity contribution in [1.82, 2.24) is 19.7 Å². The summed E-state index contributed by atoms with van der Waals surface area (Å²) in [5, 5.41) is 24.0. The fourth-order valence-electron chi connectivity index (χ4n) is 1.79. The summed E-state index contributed by atoms with van der Waals surface area (Å²) < 4.78 is 3.19. The van der Waals surface area contributed by atoms with Crippen LogP contribution in [0.2, 0.25) is 0 Å². The summed E-state index contributed by atoms with van der Waals surface area (Å²) in [6.07, 6.45) is 4.84. The number of aliphatic hydroxyl groups excluding tert-OH is 1. The summed E-state index contributed by atoms with van der Waals surface area (Å²) in [5.41, 5.74) is 0.225. The van der Waals surface area contributed by atoms with Crippen LogP contribution < -0.4 is 5.32 Å². The van der Waals surface area contributed by atoms with Crippen LogP contribution in [0.1, 0.15) is 10.4 Å². The van der Waals surface area contributed by atoms with Crippen LogP contribution in [0.25, 0.3) is 5.82 Å². The zero-order chi connectivity index (χ0) is 14.7. The van der Waals surface area contributed by atoms with Crippen LogP contribution in [0, 0.1) is 0 Å². The number of aliphatic hydroxyl groups is 1. The molecule has 2 heterocycles. The molecule has 0 aliphatic rings. The summed E-state index contributed by atoms with van der Waals surface area (Å²) in [6.45, 7) is -0.680. The van der Waals surface area contributed by atoms with E-state index < -0.39 is 24.5 Å². The second-order valence-electron chi connectivity index (χ2n) is 4.14. The summed E-state index contributed by atoms with van der Waals surface area (Å²) >= 11 is 0. The number of nitrogens with zero attached hydrogens (tertiary/aromatic N) is 3. The van der Waals surface area contributed by atoms with Gasteiger partial charge in [-0.2, -0.15) is 5.10 Å². The number of carbonyl (C=O) groups excluding carboxylic acids is 1. The first-order valence-corrected chi connectivity index (χ1v) is 5.84. The molecule has 106 valence electrons. The predicted octanol–water partition coefficient (Wildman–Crippen LogP) is -0.614. The lowest BCUT2D eigenvalue weighted by Gasteiger charge is -2.12. The molecule has 0 bridgehead atoms. The third-order valence-corrected chi connectivity index (χ3v) is 2.79.